The molecule has 0 aliphatic carbocycles. The first-order valence-corrected chi connectivity index (χ1v) is 6.87. The number of pyridine rings is 1. The van der Waals surface area contributed by atoms with Gasteiger partial charge in [-0.3, -0.25) is 4.40 Å². The van der Waals surface area contributed by atoms with Crippen molar-refractivity contribution in [3.05, 3.63) is 71.2 Å². The molecule has 0 radical (unpaired) electrons. The topological polar surface area (TPSA) is 43.3 Å². The summed E-state index contributed by atoms with van der Waals surface area (Å²) in [5, 5.41) is 0. The van der Waals surface area contributed by atoms with Gasteiger partial charge in [-0.1, -0.05) is 48.1 Å². The minimum Gasteiger partial charge on any atom is -0.388 e. The summed E-state index contributed by atoms with van der Waals surface area (Å²) in [6, 6.07) is 14.3. The van der Waals surface area contributed by atoms with Gasteiger partial charge in [0.25, 0.3) is 0 Å². The third kappa shape index (κ3) is 2.30. The number of benzene rings is 1. The molecule has 0 saturated carbocycles. The lowest BCUT2D eigenvalue weighted by Gasteiger charge is -2.03. The summed E-state index contributed by atoms with van der Waals surface area (Å²) in [6.07, 6.45) is 2.67. The monoisotopic (exact) mass is 281 g/mol. The Labute approximate surface area is 123 Å². The van der Waals surface area contributed by atoms with Gasteiger partial charge in [-0.15, -0.1) is 0 Å². The van der Waals surface area contributed by atoms with Crippen molar-refractivity contribution >= 4 is 22.9 Å². The first kappa shape index (κ1) is 12.8. The van der Waals surface area contributed by atoms with Crippen LogP contribution in [0.25, 0.3) is 5.65 Å². The lowest BCUT2D eigenvalue weighted by Crippen LogP contribution is -2.14. The number of nitrogens with two attached hydrogens (primary N) is 1. The van der Waals surface area contributed by atoms with E-state index in [1.165, 1.54) is 11.1 Å². The molecular formula is C16H15N3S. The van der Waals surface area contributed by atoms with E-state index in [0.29, 0.717) is 4.99 Å². The van der Waals surface area contributed by atoms with Crippen molar-refractivity contribution in [3.63, 3.8) is 0 Å². The molecule has 20 heavy (non-hydrogen) atoms. The molecule has 0 bridgehead atoms. The van der Waals surface area contributed by atoms with E-state index in [-0.39, 0.29) is 0 Å². The van der Waals surface area contributed by atoms with Crippen LogP contribution >= 0.6 is 12.2 Å². The molecule has 0 fully saturated rings. The molecular weight excluding hydrogens is 266 g/mol. The number of hydrogen-bond acceptors (Lipinski definition) is 2. The molecule has 3 nitrogen and oxygen atoms in total. The number of rotatable bonds is 3. The van der Waals surface area contributed by atoms with Crippen molar-refractivity contribution in [2.24, 2.45) is 5.73 Å². The van der Waals surface area contributed by atoms with Gasteiger partial charge in [-0.05, 0) is 24.6 Å². The second-order valence-corrected chi connectivity index (χ2v) is 5.30. The highest BCUT2D eigenvalue weighted by Gasteiger charge is 2.14. The maximum atomic E-state index is 5.87. The third-order valence-electron chi connectivity index (χ3n) is 3.33. The summed E-state index contributed by atoms with van der Waals surface area (Å²) in [6.45, 7) is 2.08. The lowest BCUT2D eigenvalue weighted by atomic mass is 10.1. The fourth-order valence-corrected chi connectivity index (χ4v) is 2.54. The molecule has 0 saturated heterocycles. The highest BCUT2D eigenvalue weighted by Crippen LogP contribution is 2.17. The van der Waals surface area contributed by atoms with Gasteiger partial charge in [0.1, 0.15) is 16.3 Å². The molecule has 3 rings (SSSR count). The van der Waals surface area contributed by atoms with Crippen LogP contribution in [-0.2, 0) is 6.42 Å². The van der Waals surface area contributed by atoms with Crippen LogP contribution in [0.15, 0.2) is 48.7 Å². The minimum atomic E-state index is 0.380. The maximum Gasteiger partial charge on any atom is 0.137 e. The maximum absolute atomic E-state index is 5.87. The normalized spacial score (nSPS) is 10.8. The average Bonchev–Trinajstić information content (AvgIpc) is 2.79. The zero-order valence-corrected chi connectivity index (χ0v) is 12.0. The minimum absolute atomic E-state index is 0.380. The number of imidazole rings is 1. The zero-order valence-electron chi connectivity index (χ0n) is 11.2. The Bertz CT molecular complexity index is 772. The quantitative estimate of drug-likeness (QED) is 0.751. The summed E-state index contributed by atoms with van der Waals surface area (Å²) in [7, 11) is 0. The first-order chi connectivity index (χ1) is 9.65. The lowest BCUT2D eigenvalue weighted by molar-refractivity contribution is 1.10. The number of hydrogen-bond donors (Lipinski definition) is 1. The van der Waals surface area contributed by atoms with Crippen LogP contribution < -0.4 is 5.73 Å². The Kier molecular flexibility index (Phi) is 3.24. The Hall–Kier alpha value is -2.20. The van der Waals surface area contributed by atoms with E-state index < -0.39 is 0 Å². The number of nitrogens with zero attached hydrogens (tertiary/aromatic N) is 2. The van der Waals surface area contributed by atoms with Gasteiger partial charge >= 0.3 is 0 Å². The molecule has 0 aliphatic heterocycles. The predicted octanol–water partition coefficient (Wildman–Crippen LogP) is 2.87. The van der Waals surface area contributed by atoms with Crippen LogP contribution in [0, 0.1) is 6.92 Å². The van der Waals surface area contributed by atoms with E-state index in [2.05, 4.69) is 36.2 Å². The van der Waals surface area contributed by atoms with Crippen molar-refractivity contribution in [1.29, 1.82) is 0 Å². The van der Waals surface area contributed by atoms with Gasteiger partial charge in [0.2, 0.25) is 0 Å². The summed E-state index contributed by atoms with van der Waals surface area (Å²) >= 11 is 5.18. The third-order valence-corrected chi connectivity index (χ3v) is 3.52. The molecule has 1 aromatic carbocycles. The van der Waals surface area contributed by atoms with E-state index >= 15 is 0 Å². The molecule has 100 valence electrons. The number of aryl methyl sites for hydroxylation is 1. The Morgan fingerprint density at radius 1 is 1.20 bits per heavy atom. The van der Waals surface area contributed by atoms with Crippen LogP contribution in [0.2, 0.25) is 0 Å². The fraction of sp³-hybridized carbons (Fsp3) is 0.125. The largest absolute Gasteiger partial charge is 0.388 e. The molecule has 0 aliphatic rings. The molecule has 2 aromatic heterocycles. The summed E-state index contributed by atoms with van der Waals surface area (Å²) < 4.78 is 1.95. The summed E-state index contributed by atoms with van der Waals surface area (Å²) in [5.74, 6) is 0. The van der Waals surface area contributed by atoms with Crippen molar-refractivity contribution in [2.75, 3.05) is 0 Å². The van der Waals surface area contributed by atoms with E-state index in [1.54, 1.807) is 0 Å². The van der Waals surface area contributed by atoms with Gasteiger partial charge in [0.05, 0.1) is 5.69 Å². The predicted molar refractivity (Wildman–Crippen MR) is 85.1 cm³/mol. The SMILES string of the molecule is Cc1ccc(Cc2nc3ccccn3c2C(N)=S)cc1. The molecule has 4 heteroatoms. The Balaban J connectivity index is 2.08. The van der Waals surface area contributed by atoms with E-state index in [0.717, 1.165) is 23.5 Å². The molecule has 0 unspecified atom stereocenters. The van der Waals surface area contributed by atoms with Gasteiger partial charge in [-0.25, -0.2) is 4.98 Å². The van der Waals surface area contributed by atoms with Crippen LogP contribution in [0.3, 0.4) is 0 Å². The van der Waals surface area contributed by atoms with E-state index in [4.69, 9.17) is 18.0 Å². The first-order valence-electron chi connectivity index (χ1n) is 6.46. The second-order valence-electron chi connectivity index (χ2n) is 4.86. The number of thiocarbonyl (C=S) groups is 1. The molecule has 2 heterocycles. The smallest absolute Gasteiger partial charge is 0.137 e. The van der Waals surface area contributed by atoms with Gasteiger partial charge < -0.3 is 5.73 Å². The summed E-state index contributed by atoms with van der Waals surface area (Å²) in [5.41, 5.74) is 11.0. The highest BCUT2D eigenvalue weighted by molar-refractivity contribution is 7.80. The Morgan fingerprint density at radius 2 is 1.95 bits per heavy atom. The van der Waals surface area contributed by atoms with Crippen LogP contribution in [-0.4, -0.2) is 14.4 Å². The average molecular weight is 281 g/mol. The molecule has 0 atom stereocenters. The molecule has 0 spiro atoms. The van der Waals surface area contributed by atoms with Crippen molar-refractivity contribution in [1.82, 2.24) is 9.38 Å². The van der Waals surface area contributed by atoms with Crippen molar-refractivity contribution < 1.29 is 0 Å². The molecule has 0 amide bonds. The fourth-order valence-electron chi connectivity index (χ4n) is 2.33. The van der Waals surface area contributed by atoms with Crippen LogP contribution in [0.1, 0.15) is 22.5 Å². The molecule has 2 N–H and O–H groups in total. The van der Waals surface area contributed by atoms with E-state index in [9.17, 15) is 0 Å². The van der Waals surface area contributed by atoms with Crippen LogP contribution in [0.4, 0.5) is 0 Å². The van der Waals surface area contributed by atoms with Crippen molar-refractivity contribution in [3.8, 4) is 0 Å². The van der Waals surface area contributed by atoms with Gasteiger partial charge in [0, 0.05) is 12.6 Å². The number of fused-ring (bicyclic) bond motifs is 1. The second kappa shape index (κ2) is 5.06. The zero-order chi connectivity index (χ0) is 14.1. The Morgan fingerprint density at radius 3 is 2.65 bits per heavy atom. The van der Waals surface area contributed by atoms with Gasteiger partial charge in [0.15, 0.2) is 0 Å². The van der Waals surface area contributed by atoms with E-state index in [1.807, 2.05) is 28.8 Å². The standard InChI is InChI=1S/C16H15N3S/c1-11-5-7-12(8-6-11)10-13-15(16(17)20)19-9-3-2-4-14(19)18-13/h2-9H,10H2,1H3,(H2,17,20). The van der Waals surface area contributed by atoms with Crippen LogP contribution in [0.5, 0.6) is 0 Å². The van der Waals surface area contributed by atoms with Crippen molar-refractivity contribution in [2.45, 2.75) is 13.3 Å². The molecule has 3 aromatic rings. The number of aromatic nitrogens is 2. The summed E-state index contributed by atoms with van der Waals surface area (Å²) in [4.78, 5) is 5.03. The van der Waals surface area contributed by atoms with Gasteiger partial charge in [-0.2, -0.15) is 0 Å². The highest BCUT2D eigenvalue weighted by atomic mass is 32.1.